The largest absolute Gasteiger partial charge is 0.493 e. The maximum atomic E-state index is 12.5. The van der Waals surface area contributed by atoms with Crippen LogP contribution in [0.3, 0.4) is 0 Å². The molecule has 3 rings (SSSR count). The second kappa shape index (κ2) is 8.63. The Labute approximate surface area is 171 Å². The number of Topliss-reactive ketones (excluding diaryl/α,β-unsaturated/α-hetero) is 2. The minimum Gasteiger partial charge on any atom is -0.493 e. The molecule has 28 heavy (non-hydrogen) atoms. The molecule has 1 aliphatic rings. The van der Waals surface area contributed by atoms with Gasteiger partial charge in [0.05, 0.1) is 23.6 Å². The van der Waals surface area contributed by atoms with Crippen molar-refractivity contribution < 1.29 is 29.0 Å². The second-order valence-electron chi connectivity index (χ2n) is 6.21. The maximum absolute atomic E-state index is 12.5. The molecule has 1 heterocycles. The van der Waals surface area contributed by atoms with E-state index in [9.17, 15) is 14.4 Å². The first-order chi connectivity index (χ1) is 13.4. The van der Waals surface area contributed by atoms with Crippen LogP contribution >= 0.6 is 23.2 Å². The summed E-state index contributed by atoms with van der Waals surface area (Å²) in [6.45, 7) is 0.115. The highest BCUT2D eigenvalue weighted by molar-refractivity contribution is 6.33. The lowest BCUT2D eigenvalue weighted by Gasteiger charge is -2.27. The number of carboxylic acids is 1. The number of aliphatic carboxylic acids is 1. The summed E-state index contributed by atoms with van der Waals surface area (Å²) >= 11 is 12.2. The number of hydrogen-bond donors (Lipinski definition) is 1. The lowest BCUT2D eigenvalue weighted by Crippen LogP contribution is -2.21. The average molecular weight is 423 g/mol. The van der Waals surface area contributed by atoms with E-state index in [0.29, 0.717) is 32.7 Å². The molecule has 0 amide bonds. The van der Waals surface area contributed by atoms with Crippen molar-refractivity contribution in [2.45, 2.75) is 25.4 Å². The first-order valence-electron chi connectivity index (χ1n) is 8.53. The van der Waals surface area contributed by atoms with E-state index in [4.69, 9.17) is 37.8 Å². The Morgan fingerprint density at radius 3 is 2.75 bits per heavy atom. The summed E-state index contributed by atoms with van der Waals surface area (Å²) in [5.41, 5.74) is 1.06. The molecule has 1 N–H and O–H groups in total. The van der Waals surface area contributed by atoms with Gasteiger partial charge in [-0.2, -0.15) is 0 Å². The van der Waals surface area contributed by atoms with Gasteiger partial charge in [-0.15, -0.1) is 0 Å². The number of carbonyl (C=O) groups is 3. The van der Waals surface area contributed by atoms with E-state index in [1.807, 2.05) is 0 Å². The Balaban J connectivity index is 1.77. The molecule has 6 nitrogen and oxygen atoms in total. The van der Waals surface area contributed by atoms with Gasteiger partial charge in [0.15, 0.2) is 5.78 Å². The lowest BCUT2D eigenvalue weighted by atomic mass is 9.96. The van der Waals surface area contributed by atoms with Gasteiger partial charge in [0.25, 0.3) is 0 Å². The molecule has 0 bridgehead atoms. The van der Waals surface area contributed by atoms with Crippen molar-refractivity contribution in [3.8, 4) is 11.5 Å². The molecule has 0 aromatic heterocycles. The molecule has 2 aromatic rings. The van der Waals surface area contributed by atoms with Crippen molar-refractivity contribution >= 4 is 40.7 Å². The van der Waals surface area contributed by atoms with Crippen molar-refractivity contribution in [2.24, 2.45) is 0 Å². The summed E-state index contributed by atoms with van der Waals surface area (Å²) in [5.74, 6) is -1.70. The first kappa shape index (κ1) is 20.2. The van der Waals surface area contributed by atoms with E-state index in [-0.39, 0.29) is 31.7 Å². The zero-order valence-corrected chi connectivity index (χ0v) is 16.1. The third kappa shape index (κ3) is 4.46. The third-order valence-electron chi connectivity index (χ3n) is 4.27. The number of carboxylic acid groups (broad SMARTS) is 1. The van der Waals surface area contributed by atoms with Crippen LogP contribution in [0.5, 0.6) is 11.5 Å². The maximum Gasteiger partial charge on any atom is 0.372 e. The van der Waals surface area contributed by atoms with Crippen LogP contribution < -0.4 is 9.47 Å². The molecule has 0 fully saturated rings. The van der Waals surface area contributed by atoms with Crippen molar-refractivity contribution in [2.75, 3.05) is 6.61 Å². The molecule has 0 saturated carbocycles. The minimum absolute atomic E-state index is 0.0956. The monoisotopic (exact) mass is 422 g/mol. The van der Waals surface area contributed by atoms with Crippen LogP contribution in [0.15, 0.2) is 36.4 Å². The van der Waals surface area contributed by atoms with Gasteiger partial charge in [-0.3, -0.25) is 9.59 Å². The van der Waals surface area contributed by atoms with Crippen LogP contribution in [-0.4, -0.2) is 29.2 Å². The fraction of sp³-hybridized carbons (Fsp3) is 0.250. The van der Waals surface area contributed by atoms with Crippen molar-refractivity contribution in [1.29, 1.82) is 0 Å². The highest BCUT2D eigenvalue weighted by Crippen LogP contribution is 2.42. The van der Waals surface area contributed by atoms with Crippen LogP contribution in [0.1, 0.15) is 41.3 Å². The number of halogens is 2. The molecule has 0 aliphatic carbocycles. The number of ether oxygens (including phenoxy) is 2. The van der Waals surface area contributed by atoms with E-state index in [2.05, 4.69) is 0 Å². The SMILES string of the molecule is O=C(O)C(=O)CCCOc1cc(Cl)ccc1C1CC(=O)c2cccc(Cl)c2O1. The van der Waals surface area contributed by atoms with Gasteiger partial charge in [-0.1, -0.05) is 35.3 Å². The highest BCUT2D eigenvalue weighted by Gasteiger charge is 2.31. The fourth-order valence-electron chi connectivity index (χ4n) is 2.90. The zero-order chi connectivity index (χ0) is 20.3. The Kier molecular flexibility index (Phi) is 6.21. The van der Waals surface area contributed by atoms with E-state index in [1.54, 1.807) is 36.4 Å². The van der Waals surface area contributed by atoms with Gasteiger partial charge < -0.3 is 14.6 Å². The van der Waals surface area contributed by atoms with Gasteiger partial charge in [0.2, 0.25) is 5.78 Å². The number of ketones is 2. The van der Waals surface area contributed by atoms with Gasteiger partial charge in [-0.25, -0.2) is 4.79 Å². The Bertz CT molecular complexity index is 940. The topological polar surface area (TPSA) is 89.9 Å². The Morgan fingerprint density at radius 2 is 2.00 bits per heavy atom. The van der Waals surface area contributed by atoms with E-state index in [1.165, 1.54) is 0 Å². The molecule has 2 aromatic carbocycles. The number of para-hydroxylation sites is 1. The predicted molar refractivity (Wildman–Crippen MR) is 103 cm³/mol. The standard InChI is InChI=1S/C20H16Cl2O6/c21-11-6-7-13(17(9-11)27-8-2-5-15(23)20(25)26)18-10-16(24)12-3-1-4-14(22)19(12)28-18/h1,3-4,6-7,9,18H,2,5,8,10H2,(H,25,26). The normalized spacial score (nSPS) is 15.5. The average Bonchev–Trinajstić information content (AvgIpc) is 2.65. The van der Waals surface area contributed by atoms with Gasteiger partial charge >= 0.3 is 5.97 Å². The van der Waals surface area contributed by atoms with Crippen LogP contribution in [-0.2, 0) is 9.59 Å². The zero-order valence-electron chi connectivity index (χ0n) is 14.6. The highest BCUT2D eigenvalue weighted by atomic mass is 35.5. The molecular weight excluding hydrogens is 407 g/mol. The molecule has 1 atom stereocenters. The van der Waals surface area contributed by atoms with E-state index in [0.717, 1.165) is 0 Å². The van der Waals surface area contributed by atoms with Gasteiger partial charge in [0.1, 0.15) is 17.6 Å². The van der Waals surface area contributed by atoms with Crippen molar-refractivity contribution in [3.05, 3.63) is 57.6 Å². The minimum atomic E-state index is -1.46. The molecule has 0 spiro atoms. The number of rotatable bonds is 7. The molecular formula is C20H16Cl2O6. The molecule has 1 unspecified atom stereocenters. The molecule has 1 aliphatic heterocycles. The fourth-order valence-corrected chi connectivity index (χ4v) is 3.29. The molecule has 8 heteroatoms. The smallest absolute Gasteiger partial charge is 0.372 e. The Hall–Kier alpha value is -2.57. The summed E-state index contributed by atoms with van der Waals surface area (Å²) in [5, 5.41) is 9.39. The Morgan fingerprint density at radius 1 is 1.21 bits per heavy atom. The quantitative estimate of drug-likeness (QED) is 0.521. The lowest BCUT2D eigenvalue weighted by molar-refractivity contribution is -0.149. The summed E-state index contributed by atoms with van der Waals surface area (Å²) < 4.78 is 11.7. The third-order valence-corrected chi connectivity index (χ3v) is 4.80. The molecule has 0 saturated heterocycles. The number of carbonyl (C=O) groups excluding carboxylic acids is 2. The first-order valence-corrected chi connectivity index (χ1v) is 9.29. The van der Waals surface area contributed by atoms with E-state index < -0.39 is 17.9 Å². The van der Waals surface area contributed by atoms with Crippen molar-refractivity contribution in [1.82, 2.24) is 0 Å². The number of hydrogen-bond acceptors (Lipinski definition) is 5. The summed E-state index contributed by atoms with van der Waals surface area (Å²) in [4.78, 5) is 34.2. The summed E-state index contributed by atoms with van der Waals surface area (Å²) in [6.07, 6.45) is -0.390. The van der Waals surface area contributed by atoms with Crippen LogP contribution in [0.2, 0.25) is 10.0 Å². The van der Waals surface area contributed by atoms with Crippen LogP contribution in [0.25, 0.3) is 0 Å². The van der Waals surface area contributed by atoms with Crippen molar-refractivity contribution in [3.63, 3.8) is 0 Å². The second-order valence-corrected chi connectivity index (χ2v) is 7.06. The summed E-state index contributed by atoms with van der Waals surface area (Å²) in [6, 6.07) is 9.96. The van der Waals surface area contributed by atoms with Gasteiger partial charge in [-0.05, 0) is 30.7 Å². The van der Waals surface area contributed by atoms with Crippen LogP contribution in [0, 0.1) is 0 Å². The van der Waals surface area contributed by atoms with Gasteiger partial charge in [0, 0.05) is 17.0 Å². The van der Waals surface area contributed by atoms with E-state index >= 15 is 0 Å². The van der Waals surface area contributed by atoms with Crippen LogP contribution in [0.4, 0.5) is 0 Å². The molecule has 0 radical (unpaired) electrons. The summed E-state index contributed by atoms with van der Waals surface area (Å²) in [7, 11) is 0. The number of benzene rings is 2. The predicted octanol–water partition coefficient (Wildman–Crippen LogP) is 4.51. The molecule has 146 valence electrons. The number of fused-ring (bicyclic) bond motifs is 1.